The van der Waals surface area contributed by atoms with Crippen molar-refractivity contribution in [2.45, 2.75) is 13.0 Å². The van der Waals surface area contributed by atoms with E-state index in [0.717, 1.165) is 26.2 Å². The molecular weight excluding hydrogens is 311 g/mol. The van der Waals surface area contributed by atoms with Crippen molar-refractivity contribution >= 4 is 23.2 Å². The van der Waals surface area contributed by atoms with Gasteiger partial charge in [-0.15, -0.1) is 0 Å². The fourth-order valence-corrected chi connectivity index (χ4v) is 2.78. The fraction of sp³-hybridized carbons (Fsp3) is 0.429. The normalized spacial score (nSPS) is 17.9. The Labute approximate surface area is 133 Å². The van der Waals surface area contributed by atoms with Crippen molar-refractivity contribution < 1.29 is 4.52 Å². The fourth-order valence-electron chi connectivity index (χ4n) is 2.41. The lowest BCUT2D eigenvalue weighted by molar-refractivity contribution is 0.176. The number of nitrogens with one attached hydrogen (secondary N) is 1. The molecule has 0 aliphatic carbocycles. The average Bonchev–Trinajstić information content (AvgIpc) is 2.99. The van der Waals surface area contributed by atoms with Crippen molar-refractivity contribution in [2.75, 3.05) is 26.2 Å². The summed E-state index contributed by atoms with van der Waals surface area (Å²) in [6, 6.07) is 5.30. The molecule has 2 heterocycles. The SMILES string of the molecule is CC(c1noc(-c2cc(Cl)ccc2Cl)n1)N1CCNCC1. The summed E-state index contributed by atoms with van der Waals surface area (Å²) in [5.41, 5.74) is 0.662. The van der Waals surface area contributed by atoms with Crippen LogP contribution >= 0.6 is 23.2 Å². The third-order valence-corrected chi connectivity index (χ3v) is 4.24. The van der Waals surface area contributed by atoms with Crippen LogP contribution in [-0.2, 0) is 0 Å². The van der Waals surface area contributed by atoms with E-state index in [0.29, 0.717) is 27.3 Å². The quantitative estimate of drug-likeness (QED) is 0.939. The molecule has 1 N–H and O–H groups in total. The lowest BCUT2D eigenvalue weighted by Gasteiger charge is -2.30. The predicted molar refractivity (Wildman–Crippen MR) is 82.6 cm³/mol. The molecule has 1 saturated heterocycles. The van der Waals surface area contributed by atoms with Crippen molar-refractivity contribution in [2.24, 2.45) is 0 Å². The number of rotatable bonds is 3. The van der Waals surface area contributed by atoms with Gasteiger partial charge in [0.25, 0.3) is 5.89 Å². The van der Waals surface area contributed by atoms with Crippen LogP contribution in [0.5, 0.6) is 0 Å². The third kappa shape index (κ3) is 3.21. The number of halogens is 2. The highest BCUT2D eigenvalue weighted by Crippen LogP contribution is 2.30. The molecule has 0 amide bonds. The van der Waals surface area contributed by atoms with Crippen LogP contribution in [0.2, 0.25) is 10.0 Å². The molecule has 0 spiro atoms. The molecule has 7 heteroatoms. The van der Waals surface area contributed by atoms with Gasteiger partial charge in [0.05, 0.1) is 16.6 Å². The van der Waals surface area contributed by atoms with Gasteiger partial charge in [-0.2, -0.15) is 4.98 Å². The molecule has 1 aromatic heterocycles. The van der Waals surface area contributed by atoms with E-state index in [-0.39, 0.29) is 6.04 Å². The van der Waals surface area contributed by atoms with E-state index in [2.05, 4.69) is 27.3 Å². The molecule has 1 atom stereocenters. The molecule has 21 heavy (non-hydrogen) atoms. The number of nitrogens with zero attached hydrogens (tertiary/aromatic N) is 3. The van der Waals surface area contributed by atoms with Gasteiger partial charge in [0, 0.05) is 31.2 Å². The highest BCUT2D eigenvalue weighted by Gasteiger charge is 2.23. The highest BCUT2D eigenvalue weighted by atomic mass is 35.5. The molecule has 112 valence electrons. The average molecular weight is 327 g/mol. The maximum Gasteiger partial charge on any atom is 0.259 e. The van der Waals surface area contributed by atoms with Gasteiger partial charge >= 0.3 is 0 Å². The topological polar surface area (TPSA) is 54.2 Å². The Morgan fingerprint density at radius 1 is 1.29 bits per heavy atom. The number of aromatic nitrogens is 2. The molecule has 0 saturated carbocycles. The smallest absolute Gasteiger partial charge is 0.259 e. The molecule has 2 aromatic rings. The van der Waals surface area contributed by atoms with E-state index in [1.807, 2.05) is 0 Å². The predicted octanol–water partition coefficient (Wildman–Crippen LogP) is 3.01. The van der Waals surface area contributed by atoms with Crippen LogP contribution in [0.3, 0.4) is 0 Å². The Balaban J connectivity index is 1.84. The zero-order valence-corrected chi connectivity index (χ0v) is 13.2. The first-order chi connectivity index (χ1) is 10.1. The molecule has 1 aromatic carbocycles. The van der Waals surface area contributed by atoms with Crippen LogP contribution in [0.25, 0.3) is 11.5 Å². The molecule has 1 aliphatic rings. The van der Waals surface area contributed by atoms with E-state index in [4.69, 9.17) is 27.7 Å². The molecule has 5 nitrogen and oxygen atoms in total. The van der Waals surface area contributed by atoms with E-state index < -0.39 is 0 Å². The second-order valence-electron chi connectivity index (χ2n) is 5.04. The Morgan fingerprint density at radius 2 is 2.05 bits per heavy atom. The number of hydrogen-bond donors (Lipinski definition) is 1. The Bertz CT molecular complexity index is 625. The molecule has 0 bridgehead atoms. The van der Waals surface area contributed by atoms with Crippen molar-refractivity contribution in [3.05, 3.63) is 34.1 Å². The maximum absolute atomic E-state index is 6.16. The number of piperazine rings is 1. The minimum Gasteiger partial charge on any atom is -0.334 e. The van der Waals surface area contributed by atoms with Crippen molar-refractivity contribution in [3.63, 3.8) is 0 Å². The van der Waals surface area contributed by atoms with E-state index in [9.17, 15) is 0 Å². The van der Waals surface area contributed by atoms with Crippen LogP contribution in [0.15, 0.2) is 22.7 Å². The van der Waals surface area contributed by atoms with Crippen LogP contribution < -0.4 is 5.32 Å². The van der Waals surface area contributed by atoms with E-state index in [1.165, 1.54) is 0 Å². The summed E-state index contributed by atoms with van der Waals surface area (Å²) in [7, 11) is 0. The largest absolute Gasteiger partial charge is 0.334 e. The second-order valence-corrected chi connectivity index (χ2v) is 5.89. The van der Waals surface area contributed by atoms with Gasteiger partial charge in [0.15, 0.2) is 5.82 Å². The summed E-state index contributed by atoms with van der Waals surface area (Å²) in [5, 5.41) is 8.55. The minimum absolute atomic E-state index is 0.113. The number of hydrogen-bond acceptors (Lipinski definition) is 5. The van der Waals surface area contributed by atoms with Gasteiger partial charge in [-0.05, 0) is 25.1 Å². The van der Waals surface area contributed by atoms with Crippen LogP contribution in [0, 0.1) is 0 Å². The first-order valence-corrected chi connectivity index (χ1v) is 7.64. The van der Waals surface area contributed by atoms with Gasteiger partial charge in [0.2, 0.25) is 0 Å². The van der Waals surface area contributed by atoms with Crippen molar-refractivity contribution in [1.29, 1.82) is 0 Å². The first-order valence-electron chi connectivity index (χ1n) is 6.89. The Morgan fingerprint density at radius 3 is 2.81 bits per heavy atom. The lowest BCUT2D eigenvalue weighted by atomic mass is 10.2. The standard InChI is InChI=1S/C14H16Cl2N4O/c1-9(20-6-4-17-5-7-20)13-18-14(21-19-13)11-8-10(15)2-3-12(11)16/h2-3,8-9,17H,4-7H2,1H3. The molecule has 3 rings (SSSR count). The zero-order chi connectivity index (χ0) is 14.8. The molecular formula is C14H16Cl2N4O. The van der Waals surface area contributed by atoms with Gasteiger partial charge in [-0.1, -0.05) is 28.4 Å². The van der Waals surface area contributed by atoms with Crippen LogP contribution in [0.1, 0.15) is 18.8 Å². The summed E-state index contributed by atoms with van der Waals surface area (Å²) < 4.78 is 5.35. The summed E-state index contributed by atoms with van der Waals surface area (Å²) in [4.78, 5) is 6.80. The summed E-state index contributed by atoms with van der Waals surface area (Å²) in [6.07, 6.45) is 0. The second kappa shape index (κ2) is 6.32. The highest BCUT2D eigenvalue weighted by molar-refractivity contribution is 6.35. The lowest BCUT2D eigenvalue weighted by Crippen LogP contribution is -2.44. The maximum atomic E-state index is 6.16. The van der Waals surface area contributed by atoms with Gasteiger partial charge < -0.3 is 9.84 Å². The number of benzene rings is 1. The molecule has 1 unspecified atom stereocenters. The molecule has 1 aliphatic heterocycles. The summed E-state index contributed by atoms with van der Waals surface area (Å²) >= 11 is 12.2. The van der Waals surface area contributed by atoms with Crippen LogP contribution in [0.4, 0.5) is 0 Å². The van der Waals surface area contributed by atoms with Crippen LogP contribution in [-0.4, -0.2) is 41.2 Å². The van der Waals surface area contributed by atoms with Gasteiger partial charge in [-0.25, -0.2) is 0 Å². The zero-order valence-electron chi connectivity index (χ0n) is 11.6. The van der Waals surface area contributed by atoms with E-state index in [1.54, 1.807) is 18.2 Å². The Kier molecular flexibility index (Phi) is 4.45. The summed E-state index contributed by atoms with van der Waals surface area (Å²) in [5.74, 6) is 1.07. The summed E-state index contributed by atoms with van der Waals surface area (Å²) in [6.45, 7) is 6.00. The van der Waals surface area contributed by atoms with Gasteiger partial charge in [0.1, 0.15) is 0 Å². The third-order valence-electron chi connectivity index (χ3n) is 3.67. The van der Waals surface area contributed by atoms with E-state index >= 15 is 0 Å². The van der Waals surface area contributed by atoms with Crippen molar-refractivity contribution in [1.82, 2.24) is 20.4 Å². The molecule has 0 radical (unpaired) electrons. The first kappa shape index (κ1) is 14.8. The Hall–Kier alpha value is -1.14. The van der Waals surface area contributed by atoms with Crippen molar-refractivity contribution in [3.8, 4) is 11.5 Å². The van der Waals surface area contributed by atoms with Gasteiger partial charge in [-0.3, -0.25) is 4.90 Å². The monoisotopic (exact) mass is 326 g/mol. The molecule has 1 fully saturated rings. The minimum atomic E-state index is 0.113.